The van der Waals surface area contributed by atoms with E-state index < -0.39 is 5.41 Å². The van der Waals surface area contributed by atoms with Gasteiger partial charge in [-0.25, -0.2) is 0 Å². The molecule has 0 fully saturated rings. The van der Waals surface area contributed by atoms with Crippen LogP contribution in [0.25, 0.3) is 11.0 Å². The second kappa shape index (κ2) is 7.95. The number of hydrogen-bond donors (Lipinski definition) is 0. The van der Waals surface area contributed by atoms with Crippen molar-refractivity contribution in [2.75, 3.05) is 4.90 Å². The Morgan fingerprint density at radius 1 is 0.641 bits per heavy atom. The maximum atomic E-state index is 13.1. The van der Waals surface area contributed by atoms with E-state index in [1.165, 1.54) is 6.26 Å². The molecule has 0 aliphatic carbocycles. The summed E-state index contributed by atoms with van der Waals surface area (Å²) >= 11 is 0. The zero-order valence-corrected chi connectivity index (χ0v) is 21.2. The Balaban J connectivity index is 1.50. The lowest BCUT2D eigenvalue weighted by molar-refractivity contribution is 0.434. The number of fused-ring (bicyclic) bond motifs is 9. The zero-order chi connectivity index (χ0) is 26.1. The van der Waals surface area contributed by atoms with Gasteiger partial charge in [0.1, 0.15) is 17.1 Å². The van der Waals surface area contributed by atoms with Gasteiger partial charge in [-0.1, -0.05) is 72.8 Å². The standard InChI is InChI=1S/C35H23NO3/c1-22-21-38-31-19-18-23(20-24(31)34(22)37)36-29-14-6-2-10-25(29)35(26-11-3-7-15-30(26)36)27-12-4-8-16-32(27)39-33-17-9-5-13-28(33)35/h2-21H,1H3. The van der Waals surface area contributed by atoms with Gasteiger partial charge in [-0.05, 0) is 60.5 Å². The van der Waals surface area contributed by atoms with E-state index >= 15 is 0 Å². The van der Waals surface area contributed by atoms with Crippen LogP contribution in [0.2, 0.25) is 0 Å². The summed E-state index contributed by atoms with van der Waals surface area (Å²) in [5.41, 5.74) is 8.12. The highest BCUT2D eigenvalue weighted by molar-refractivity contribution is 5.93. The van der Waals surface area contributed by atoms with Gasteiger partial charge in [-0.2, -0.15) is 0 Å². The fourth-order valence-electron chi connectivity index (χ4n) is 6.45. The largest absolute Gasteiger partial charge is 0.464 e. The molecule has 3 heterocycles. The van der Waals surface area contributed by atoms with E-state index in [9.17, 15) is 4.79 Å². The van der Waals surface area contributed by atoms with Crippen LogP contribution in [0.1, 0.15) is 27.8 Å². The third-order valence-corrected chi connectivity index (χ3v) is 8.09. The second-order valence-corrected chi connectivity index (χ2v) is 10.1. The van der Waals surface area contributed by atoms with Crippen LogP contribution in [0.3, 0.4) is 0 Å². The van der Waals surface area contributed by atoms with E-state index in [2.05, 4.69) is 89.8 Å². The first-order chi connectivity index (χ1) is 19.2. The molecule has 1 aromatic heterocycles. The van der Waals surface area contributed by atoms with Gasteiger partial charge in [-0.15, -0.1) is 0 Å². The maximum Gasteiger partial charge on any atom is 0.195 e. The minimum Gasteiger partial charge on any atom is -0.464 e. The van der Waals surface area contributed by atoms with Crippen molar-refractivity contribution >= 4 is 28.0 Å². The minimum atomic E-state index is -0.582. The summed E-state index contributed by atoms with van der Waals surface area (Å²) in [5.74, 6) is 1.71. The molecular weight excluding hydrogens is 482 g/mol. The number of ether oxygens (including phenoxy) is 1. The van der Waals surface area contributed by atoms with Gasteiger partial charge in [0.15, 0.2) is 5.43 Å². The monoisotopic (exact) mass is 505 g/mol. The number of rotatable bonds is 1. The smallest absolute Gasteiger partial charge is 0.195 e. The molecule has 0 radical (unpaired) electrons. The van der Waals surface area contributed by atoms with Crippen LogP contribution >= 0.6 is 0 Å². The highest BCUT2D eigenvalue weighted by atomic mass is 16.5. The molecule has 4 heteroatoms. The van der Waals surface area contributed by atoms with Crippen molar-refractivity contribution in [2.45, 2.75) is 12.3 Å². The highest BCUT2D eigenvalue weighted by Gasteiger charge is 2.50. The van der Waals surface area contributed by atoms with Crippen LogP contribution in [-0.2, 0) is 5.41 Å². The number of para-hydroxylation sites is 4. The lowest BCUT2D eigenvalue weighted by Crippen LogP contribution is -2.39. The third-order valence-electron chi connectivity index (χ3n) is 8.09. The third kappa shape index (κ3) is 2.86. The Morgan fingerprint density at radius 2 is 1.18 bits per heavy atom. The molecule has 0 unspecified atom stereocenters. The predicted molar refractivity (Wildman–Crippen MR) is 154 cm³/mol. The summed E-state index contributed by atoms with van der Waals surface area (Å²) < 4.78 is 12.2. The molecular formula is C35H23NO3. The van der Waals surface area contributed by atoms with E-state index in [1.54, 1.807) is 6.92 Å². The molecule has 0 N–H and O–H groups in total. The molecule has 6 aromatic rings. The van der Waals surface area contributed by atoms with Gasteiger partial charge in [0.25, 0.3) is 0 Å². The van der Waals surface area contributed by atoms with Crippen molar-refractivity contribution in [2.24, 2.45) is 0 Å². The Hall–Kier alpha value is -5.09. The van der Waals surface area contributed by atoms with Gasteiger partial charge < -0.3 is 14.1 Å². The molecule has 0 amide bonds. The first-order valence-electron chi connectivity index (χ1n) is 13.1. The van der Waals surface area contributed by atoms with Crippen molar-refractivity contribution < 1.29 is 9.15 Å². The van der Waals surface area contributed by atoms with Gasteiger partial charge in [0.05, 0.1) is 28.4 Å². The van der Waals surface area contributed by atoms with Crippen molar-refractivity contribution in [3.63, 3.8) is 0 Å². The number of hydrogen-bond acceptors (Lipinski definition) is 4. The van der Waals surface area contributed by atoms with E-state index in [1.807, 2.05) is 30.3 Å². The van der Waals surface area contributed by atoms with Crippen LogP contribution in [0.4, 0.5) is 17.1 Å². The topological polar surface area (TPSA) is 42.7 Å². The predicted octanol–water partition coefficient (Wildman–Crippen LogP) is 8.37. The SMILES string of the molecule is Cc1coc2ccc(N3c4ccccc4C4(c5ccccc5Oc5ccccc54)c4ccccc43)cc2c1=O. The van der Waals surface area contributed by atoms with Gasteiger partial charge in [-0.3, -0.25) is 4.79 Å². The molecule has 2 aliphatic rings. The van der Waals surface area contributed by atoms with Crippen molar-refractivity contribution in [1.82, 2.24) is 0 Å². The lowest BCUT2D eigenvalue weighted by atomic mass is 9.61. The lowest BCUT2D eigenvalue weighted by Gasteiger charge is -2.48. The molecule has 4 nitrogen and oxygen atoms in total. The van der Waals surface area contributed by atoms with E-state index in [-0.39, 0.29) is 5.43 Å². The number of aryl methyl sites for hydroxylation is 1. The molecule has 1 spiro atoms. The van der Waals surface area contributed by atoms with Crippen LogP contribution in [0, 0.1) is 6.92 Å². The first kappa shape index (κ1) is 21.9. The second-order valence-electron chi connectivity index (χ2n) is 10.1. The number of anilines is 3. The average Bonchev–Trinajstić information content (AvgIpc) is 2.99. The van der Waals surface area contributed by atoms with E-state index in [4.69, 9.17) is 9.15 Å². The molecule has 186 valence electrons. The molecule has 2 aliphatic heterocycles. The highest BCUT2D eigenvalue weighted by Crippen LogP contribution is 2.62. The van der Waals surface area contributed by atoms with Crippen molar-refractivity contribution in [3.8, 4) is 11.5 Å². The fourth-order valence-corrected chi connectivity index (χ4v) is 6.45. The maximum absolute atomic E-state index is 13.1. The summed E-state index contributed by atoms with van der Waals surface area (Å²) in [7, 11) is 0. The van der Waals surface area contributed by atoms with Crippen molar-refractivity contribution in [1.29, 1.82) is 0 Å². The Morgan fingerprint density at radius 3 is 1.79 bits per heavy atom. The van der Waals surface area contributed by atoms with Gasteiger partial charge in [0, 0.05) is 22.4 Å². The average molecular weight is 506 g/mol. The normalized spacial score (nSPS) is 14.2. The summed E-state index contributed by atoms with van der Waals surface area (Å²) in [6.07, 6.45) is 1.53. The summed E-state index contributed by atoms with van der Waals surface area (Å²) in [5, 5.41) is 0.574. The molecule has 0 saturated carbocycles. The molecule has 0 atom stereocenters. The number of nitrogens with zero attached hydrogens (tertiary/aromatic N) is 1. The minimum absolute atomic E-state index is 0.0135. The summed E-state index contributed by atoms with van der Waals surface area (Å²) in [4.78, 5) is 15.3. The first-order valence-corrected chi connectivity index (χ1v) is 13.1. The van der Waals surface area contributed by atoms with Crippen LogP contribution in [-0.4, -0.2) is 0 Å². The van der Waals surface area contributed by atoms with Crippen LogP contribution in [0.5, 0.6) is 11.5 Å². The molecule has 39 heavy (non-hydrogen) atoms. The molecule has 8 rings (SSSR count). The molecule has 5 aromatic carbocycles. The van der Waals surface area contributed by atoms with Gasteiger partial charge in [0.2, 0.25) is 0 Å². The quantitative estimate of drug-likeness (QED) is 0.225. The van der Waals surface area contributed by atoms with E-state index in [0.717, 1.165) is 50.8 Å². The van der Waals surface area contributed by atoms with Gasteiger partial charge >= 0.3 is 0 Å². The van der Waals surface area contributed by atoms with Crippen LogP contribution < -0.4 is 15.1 Å². The van der Waals surface area contributed by atoms with Crippen LogP contribution in [0.15, 0.2) is 131 Å². The fraction of sp³-hybridized carbons (Fsp3) is 0.0571. The Bertz CT molecular complexity index is 1910. The Kier molecular flexibility index (Phi) is 4.48. The zero-order valence-electron chi connectivity index (χ0n) is 21.2. The summed E-state index contributed by atoms with van der Waals surface area (Å²) in [6.45, 7) is 1.78. The summed E-state index contributed by atoms with van der Waals surface area (Å²) in [6, 6.07) is 39.7. The Labute approximate surface area is 225 Å². The van der Waals surface area contributed by atoms with E-state index in [0.29, 0.717) is 16.5 Å². The van der Waals surface area contributed by atoms with Crippen molar-refractivity contribution in [3.05, 3.63) is 160 Å². The molecule has 0 saturated heterocycles. The number of benzene rings is 5. The molecule has 0 bridgehead atoms.